The molecule has 0 saturated heterocycles. The maximum atomic E-state index is 6.15. The summed E-state index contributed by atoms with van der Waals surface area (Å²) in [6.45, 7) is 8.39. The average Bonchev–Trinajstić information content (AvgIpc) is 2.47. The number of nitrogens with one attached hydrogen (secondary N) is 1. The fourth-order valence-electron chi connectivity index (χ4n) is 2.08. The van der Waals surface area contributed by atoms with E-state index in [0.717, 1.165) is 18.1 Å². The molecule has 1 N–H and O–H groups in total. The molecule has 0 spiro atoms. The lowest BCUT2D eigenvalue weighted by atomic mass is 10.0. The SMILES string of the molecule is CCNCc1ccc(Cl)cc1Sc1ccc(C(C)C)cc1. The van der Waals surface area contributed by atoms with Gasteiger partial charge in [-0.05, 0) is 47.9 Å². The van der Waals surface area contributed by atoms with E-state index in [0.29, 0.717) is 5.92 Å². The lowest BCUT2D eigenvalue weighted by molar-refractivity contribution is 0.718. The van der Waals surface area contributed by atoms with Crippen molar-refractivity contribution in [3.05, 3.63) is 58.6 Å². The Balaban J connectivity index is 2.19. The number of rotatable bonds is 6. The lowest BCUT2D eigenvalue weighted by Crippen LogP contribution is -2.12. The molecule has 0 aromatic heterocycles. The molecule has 0 aliphatic carbocycles. The van der Waals surface area contributed by atoms with Crippen LogP contribution in [0.4, 0.5) is 0 Å². The largest absolute Gasteiger partial charge is 0.313 e. The molecule has 2 aromatic carbocycles. The van der Waals surface area contributed by atoms with Crippen LogP contribution in [0.2, 0.25) is 5.02 Å². The lowest BCUT2D eigenvalue weighted by Gasteiger charge is -2.11. The van der Waals surface area contributed by atoms with Gasteiger partial charge in [-0.15, -0.1) is 0 Å². The minimum atomic E-state index is 0.569. The molecule has 0 unspecified atom stereocenters. The van der Waals surface area contributed by atoms with Gasteiger partial charge in [0, 0.05) is 21.4 Å². The van der Waals surface area contributed by atoms with Gasteiger partial charge in [-0.1, -0.05) is 62.3 Å². The Morgan fingerprint density at radius 1 is 1.10 bits per heavy atom. The van der Waals surface area contributed by atoms with Gasteiger partial charge in [0.1, 0.15) is 0 Å². The van der Waals surface area contributed by atoms with Crippen molar-refractivity contribution in [1.29, 1.82) is 0 Å². The highest BCUT2D eigenvalue weighted by Gasteiger charge is 2.06. The van der Waals surface area contributed by atoms with Crippen molar-refractivity contribution in [2.45, 2.75) is 43.0 Å². The Bertz CT molecular complexity index is 578. The van der Waals surface area contributed by atoms with Crippen LogP contribution < -0.4 is 5.32 Å². The summed E-state index contributed by atoms with van der Waals surface area (Å²) in [5.41, 5.74) is 2.66. The van der Waals surface area contributed by atoms with Crippen molar-refractivity contribution in [1.82, 2.24) is 5.32 Å². The van der Waals surface area contributed by atoms with Gasteiger partial charge >= 0.3 is 0 Å². The molecule has 2 aromatic rings. The molecular formula is C18H22ClNS. The van der Waals surface area contributed by atoms with Gasteiger partial charge in [0.15, 0.2) is 0 Å². The van der Waals surface area contributed by atoms with Crippen LogP contribution in [0.15, 0.2) is 52.3 Å². The van der Waals surface area contributed by atoms with Crippen LogP contribution in [0.3, 0.4) is 0 Å². The molecule has 0 radical (unpaired) electrons. The number of hydrogen-bond donors (Lipinski definition) is 1. The first-order chi connectivity index (χ1) is 10.1. The van der Waals surface area contributed by atoms with Crippen molar-refractivity contribution < 1.29 is 0 Å². The molecule has 3 heteroatoms. The molecule has 2 rings (SSSR count). The van der Waals surface area contributed by atoms with E-state index in [-0.39, 0.29) is 0 Å². The molecule has 0 aliphatic rings. The van der Waals surface area contributed by atoms with Gasteiger partial charge in [-0.3, -0.25) is 0 Å². The zero-order valence-electron chi connectivity index (χ0n) is 12.8. The molecule has 0 fully saturated rings. The maximum absolute atomic E-state index is 6.15. The van der Waals surface area contributed by atoms with Gasteiger partial charge in [-0.25, -0.2) is 0 Å². The van der Waals surface area contributed by atoms with Crippen LogP contribution in [0.5, 0.6) is 0 Å². The van der Waals surface area contributed by atoms with Crippen LogP contribution in [0, 0.1) is 0 Å². The third kappa shape index (κ3) is 4.77. The van der Waals surface area contributed by atoms with Gasteiger partial charge in [-0.2, -0.15) is 0 Å². The smallest absolute Gasteiger partial charge is 0.0417 e. The van der Waals surface area contributed by atoms with E-state index in [2.05, 4.69) is 62.5 Å². The monoisotopic (exact) mass is 319 g/mol. The van der Waals surface area contributed by atoms with Gasteiger partial charge in [0.05, 0.1) is 0 Å². The first-order valence-electron chi connectivity index (χ1n) is 7.37. The number of benzene rings is 2. The van der Waals surface area contributed by atoms with E-state index >= 15 is 0 Å². The van der Waals surface area contributed by atoms with E-state index in [1.165, 1.54) is 20.9 Å². The Kier molecular flexibility index (Phi) is 6.16. The Hall–Kier alpha value is -0.960. The summed E-state index contributed by atoms with van der Waals surface area (Å²) in [5.74, 6) is 0.569. The first-order valence-corrected chi connectivity index (χ1v) is 8.56. The Labute approximate surface area is 137 Å². The third-order valence-corrected chi connectivity index (χ3v) is 4.71. The minimum absolute atomic E-state index is 0.569. The summed E-state index contributed by atoms with van der Waals surface area (Å²) in [6.07, 6.45) is 0. The van der Waals surface area contributed by atoms with Crippen LogP contribution in [-0.2, 0) is 6.54 Å². The zero-order valence-corrected chi connectivity index (χ0v) is 14.4. The molecule has 0 atom stereocenters. The normalized spacial score (nSPS) is 11.1. The molecule has 21 heavy (non-hydrogen) atoms. The predicted molar refractivity (Wildman–Crippen MR) is 93.5 cm³/mol. The van der Waals surface area contributed by atoms with Crippen molar-refractivity contribution in [2.75, 3.05) is 6.54 Å². The summed E-state index contributed by atoms with van der Waals surface area (Å²) < 4.78 is 0. The summed E-state index contributed by atoms with van der Waals surface area (Å²) in [5, 5.41) is 4.17. The Morgan fingerprint density at radius 3 is 2.43 bits per heavy atom. The topological polar surface area (TPSA) is 12.0 Å². The fraction of sp³-hybridized carbons (Fsp3) is 0.333. The van der Waals surface area contributed by atoms with Gasteiger partial charge in [0.2, 0.25) is 0 Å². The van der Waals surface area contributed by atoms with E-state index in [9.17, 15) is 0 Å². The van der Waals surface area contributed by atoms with Gasteiger partial charge in [0.25, 0.3) is 0 Å². The summed E-state index contributed by atoms with van der Waals surface area (Å²) in [6, 6.07) is 14.9. The van der Waals surface area contributed by atoms with E-state index in [1.807, 2.05) is 6.07 Å². The number of hydrogen-bond acceptors (Lipinski definition) is 2. The molecule has 112 valence electrons. The molecule has 0 aliphatic heterocycles. The van der Waals surface area contributed by atoms with Crippen molar-refractivity contribution in [2.24, 2.45) is 0 Å². The maximum Gasteiger partial charge on any atom is 0.0417 e. The average molecular weight is 320 g/mol. The molecule has 0 heterocycles. The molecular weight excluding hydrogens is 298 g/mol. The minimum Gasteiger partial charge on any atom is -0.313 e. The zero-order chi connectivity index (χ0) is 15.2. The van der Waals surface area contributed by atoms with Crippen molar-refractivity contribution >= 4 is 23.4 Å². The standard InChI is InChI=1S/C18H22ClNS/c1-4-20-12-15-5-8-16(19)11-18(15)21-17-9-6-14(7-10-17)13(2)3/h5-11,13,20H,4,12H2,1-3H3. The third-order valence-electron chi connectivity index (χ3n) is 3.37. The van der Waals surface area contributed by atoms with Gasteiger partial charge < -0.3 is 5.32 Å². The van der Waals surface area contributed by atoms with Crippen molar-refractivity contribution in [3.8, 4) is 0 Å². The van der Waals surface area contributed by atoms with Crippen molar-refractivity contribution in [3.63, 3.8) is 0 Å². The quantitative estimate of drug-likeness (QED) is 0.730. The number of halogens is 1. The summed E-state index contributed by atoms with van der Waals surface area (Å²) >= 11 is 7.92. The second-order valence-electron chi connectivity index (χ2n) is 5.36. The highest BCUT2D eigenvalue weighted by atomic mass is 35.5. The van der Waals surface area contributed by atoms with Crippen LogP contribution in [-0.4, -0.2) is 6.54 Å². The Morgan fingerprint density at radius 2 is 1.81 bits per heavy atom. The van der Waals surface area contributed by atoms with Crippen LogP contribution in [0.25, 0.3) is 0 Å². The summed E-state index contributed by atoms with van der Waals surface area (Å²) in [7, 11) is 0. The molecule has 0 amide bonds. The molecule has 0 saturated carbocycles. The fourth-order valence-corrected chi connectivity index (χ4v) is 3.30. The summed E-state index contributed by atoms with van der Waals surface area (Å²) in [4.78, 5) is 2.47. The second kappa shape index (κ2) is 7.88. The highest BCUT2D eigenvalue weighted by Crippen LogP contribution is 2.33. The van der Waals surface area contributed by atoms with E-state index < -0.39 is 0 Å². The van der Waals surface area contributed by atoms with Crippen LogP contribution in [0.1, 0.15) is 37.8 Å². The van der Waals surface area contributed by atoms with E-state index in [1.54, 1.807) is 11.8 Å². The first kappa shape index (κ1) is 16.4. The predicted octanol–water partition coefficient (Wildman–Crippen LogP) is 5.72. The highest BCUT2D eigenvalue weighted by molar-refractivity contribution is 7.99. The van der Waals surface area contributed by atoms with E-state index in [4.69, 9.17) is 11.6 Å². The molecule has 0 bridgehead atoms. The second-order valence-corrected chi connectivity index (χ2v) is 6.91. The molecule has 1 nitrogen and oxygen atoms in total. The van der Waals surface area contributed by atoms with Crippen LogP contribution >= 0.6 is 23.4 Å².